The van der Waals surface area contributed by atoms with Crippen molar-refractivity contribution in [1.82, 2.24) is 19.8 Å². The number of hydrogen-bond donors (Lipinski definition) is 2. The molecule has 2 amide bonds. The maximum atomic E-state index is 12.6. The molecular weight excluding hydrogens is 308 g/mol. The molecule has 2 aromatic rings. The molecule has 0 atom stereocenters. The molecule has 0 fully saturated rings. The summed E-state index contributed by atoms with van der Waals surface area (Å²) in [5.74, 6) is -0.265. The van der Waals surface area contributed by atoms with E-state index in [1.165, 1.54) is 6.92 Å². The van der Waals surface area contributed by atoms with Gasteiger partial charge < -0.3 is 10.6 Å². The lowest BCUT2D eigenvalue weighted by atomic mass is 10.3. The van der Waals surface area contributed by atoms with Gasteiger partial charge in [0.2, 0.25) is 11.8 Å². The standard InChI is InChI=1S/C17H24N4O3/c1-3-11-20-14-6-4-5-7-15(14)21(17(20)24)12-8-16(23)19-10-9-18-13(2)22/h4-7H,3,8-12H2,1-2H3,(H,18,22)(H,19,23). The minimum atomic E-state index is -0.139. The molecule has 1 aromatic heterocycles. The van der Waals surface area contributed by atoms with Gasteiger partial charge in [0.1, 0.15) is 0 Å². The van der Waals surface area contributed by atoms with Crippen molar-refractivity contribution >= 4 is 22.8 Å². The van der Waals surface area contributed by atoms with Gasteiger partial charge in [-0.2, -0.15) is 0 Å². The number of amides is 2. The highest BCUT2D eigenvalue weighted by atomic mass is 16.2. The van der Waals surface area contributed by atoms with Crippen LogP contribution in [0.15, 0.2) is 29.1 Å². The number of benzene rings is 1. The lowest BCUT2D eigenvalue weighted by Crippen LogP contribution is -2.34. The molecule has 0 saturated carbocycles. The Bertz CT molecular complexity index is 776. The molecule has 0 unspecified atom stereocenters. The Morgan fingerprint density at radius 1 is 1.00 bits per heavy atom. The third kappa shape index (κ3) is 4.24. The number of para-hydroxylation sites is 2. The lowest BCUT2D eigenvalue weighted by molar-refractivity contribution is -0.122. The van der Waals surface area contributed by atoms with Gasteiger partial charge in [-0.1, -0.05) is 19.1 Å². The second-order valence-electron chi connectivity index (χ2n) is 5.66. The molecule has 7 nitrogen and oxygen atoms in total. The van der Waals surface area contributed by atoms with Gasteiger partial charge in [0, 0.05) is 39.5 Å². The van der Waals surface area contributed by atoms with E-state index in [0.29, 0.717) is 26.2 Å². The quantitative estimate of drug-likeness (QED) is 0.703. The SMILES string of the molecule is CCCn1c(=O)n(CCC(=O)NCCNC(C)=O)c2ccccc21. The van der Waals surface area contributed by atoms with E-state index in [9.17, 15) is 14.4 Å². The summed E-state index contributed by atoms with van der Waals surface area (Å²) < 4.78 is 3.41. The fraction of sp³-hybridized carbons (Fsp3) is 0.471. The van der Waals surface area contributed by atoms with Gasteiger partial charge in [-0.3, -0.25) is 18.7 Å². The summed E-state index contributed by atoms with van der Waals surface area (Å²) in [7, 11) is 0. The van der Waals surface area contributed by atoms with Crippen molar-refractivity contribution in [3.8, 4) is 0 Å². The fourth-order valence-electron chi connectivity index (χ4n) is 2.67. The summed E-state index contributed by atoms with van der Waals surface area (Å²) in [5, 5.41) is 5.35. The van der Waals surface area contributed by atoms with Gasteiger partial charge in [-0.05, 0) is 18.6 Å². The maximum Gasteiger partial charge on any atom is 0.329 e. The summed E-state index contributed by atoms with van der Waals surface area (Å²) in [6.07, 6.45) is 1.09. The van der Waals surface area contributed by atoms with Gasteiger partial charge in [-0.15, -0.1) is 0 Å². The normalized spacial score (nSPS) is 10.8. The van der Waals surface area contributed by atoms with Gasteiger partial charge in [0.05, 0.1) is 11.0 Å². The zero-order valence-corrected chi connectivity index (χ0v) is 14.2. The second kappa shape index (κ2) is 8.33. The van der Waals surface area contributed by atoms with Crippen molar-refractivity contribution in [2.45, 2.75) is 39.8 Å². The van der Waals surface area contributed by atoms with Crippen LogP contribution in [0.2, 0.25) is 0 Å². The van der Waals surface area contributed by atoms with Crippen LogP contribution in [0.3, 0.4) is 0 Å². The van der Waals surface area contributed by atoms with Crippen molar-refractivity contribution in [2.75, 3.05) is 13.1 Å². The number of rotatable bonds is 8. The first-order valence-electron chi connectivity index (χ1n) is 8.23. The number of nitrogens with one attached hydrogen (secondary N) is 2. The Hall–Kier alpha value is -2.57. The Morgan fingerprint density at radius 2 is 1.58 bits per heavy atom. The van der Waals surface area contributed by atoms with Crippen molar-refractivity contribution < 1.29 is 9.59 Å². The summed E-state index contributed by atoms with van der Waals surface area (Å²) in [6, 6.07) is 7.63. The molecule has 0 saturated heterocycles. The minimum Gasteiger partial charge on any atom is -0.355 e. The number of carbonyl (C=O) groups excluding carboxylic acids is 2. The number of aromatic nitrogens is 2. The Morgan fingerprint density at radius 3 is 2.17 bits per heavy atom. The molecule has 7 heteroatoms. The van der Waals surface area contributed by atoms with Crippen LogP contribution >= 0.6 is 0 Å². The van der Waals surface area contributed by atoms with Crippen molar-refractivity contribution in [3.05, 3.63) is 34.7 Å². The van der Waals surface area contributed by atoms with E-state index in [0.717, 1.165) is 17.5 Å². The van der Waals surface area contributed by atoms with Crippen molar-refractivity contribution in [1.29, 1.82) is 0 Å². The molecular formula is C17H24N4O3. The number of aryl methyl sites for hydroxylation is 2. The fourth-order valence-corrected chi connectivity index (χ4v) is 2.67. The predicted molar refractivity (Wildman–Crippen MR) is 92.8 cm³/mol. The average Bonchev–Trinajstić information content (AvgIpc) is 2.82. The highest BCUT2D eigenvalue weighted by Gasteiger charge is 2.13. The van der Waals surface area contributed by atoms with Crippen LogP contribution < -0.4 is 16.3 Å². The molecule has 0 aliphatic rings. The number of nitrogens with zero attached hydrogens (tertiary/aromatic N) is 2. The van der Waals surface area contributed by atoms with Crippen LogP contribution in [0.25, 0.3) is 11.0 Å². The highest BCUT2D eigenvalue weighted by Crippen LogP contribution is 2.13. The first-order valence-corrected chi connectivity index (χ1v) is 8.23. The third-order valence-corrected chi connectivity index (χ3v) is 3.76. The summed E-state index contributed by atoms with van der Waals surface area (Å²) in [5.41, 5.74) is 1.67. The molecule has 0 aliphatic heterocycles. The van der Waals surface area contributed by atoms with Crippen LogP contribution in [0.1, 0.15) is 26.7 Å². The first-order chi connectivity index (χ1) is 11.5. The van der Waals surface area contributed by atoms with Crippen LogP contribution in [0.5, 0.6) is 0 Å². The van der Waals surface area contributed by atoms with Gasteiger partial charge in [0.25, 0.3) is 0 Å². The third-order valence-electron chi connectivity index (χ3n) is 3.76. The smallest absolute Gasteiger partial charge is 0.329 e. The van der Waals surface area contributed by atoms with E-state index >= 15 is 0 Å². The molecule has 0 aliphatic carbocycles. The Labute approximate surface area is 140 Å². The summed E-state index contributed by atoms with van der Waals surface area (Å²) in [4.78, 5) is 35.2. The van der Waals surface area contributed by atoms with E-state index in [1.807, 2.05) is 31.2 Å². The van der Waals surface area contributed by atoms with Crippen LogP contribution in [0.4, 0.5) is 0 Å². The van der Waals surface area contributed by atoms with E-state index < -0.39 is 0 Å². The molecule has 2 N–H and O–H groups in total. The zero-order valence-electron chi connectivity index (χ0n) is 14.2. The van der Waals surface area contributed by atoms with E-state index in [-0.39, 0.29) is 23.9 Å². The first kappa shape index (κ1) is 17.8. The Kier molecular flexibility index (Phi) is 6.17. The van der Waals surface area contributed by atoms with Crippen molar-refractivity contribution in [2.24, 2.45) is 0 Å². The molecule has 0 radical (unpaired) electrons. The number of hydrogen-bond acceptors (Lipinski definition) is 3. The minimum absolute atomic E-state index is 0.0795. The van der Waals surface area contributed by atoms with Crippen LogP contribution in [-0.2, 0) is 22.7 Å². The number of carbonyl (C=O) groups is 2. The summed E-state index contributed by atoms with van der Waals surface area (Å²) >= 11 is 0. The maximum absolute atomic E-state index is 12.6. The molecule has 2 rings (SSSR count). The molecule has 0 bridgehead atoms. The van der Waals surface area contributed by atoms with Gasteiger partial charge in [-0.25, -0.2) is 4.79 Å². The molecule has 130 valence electrons. The number of imidazole rings is 1. The van der Waals surface area contributed by atoms with Crippen LogP contribution in [-0.4, -0.2) is 34.0 Å². The number of fused-ring (bicyclic) bond motifs is 1. The van der Waals surface area contributed by atoms with Crippen LogP contribution in [0, 0.1) is 0 Å². The van der Waals surface area contributed by atoms with E-state index in [2.05, 4.69) is 10.6 Å². The topological polar surface area (TPSA) is 85.1 Å². The summed E-state index contributed by atoms with van der Waals surface area (Å²) in [6.45, 7) is 5.24. The Balaban J connectivity index is 2.02. The average molecular weight is 332 g/mol. The molecule has 1 aromatic carbocycles. The molecule has 0 spiro atoms. The van der Waals surface area contributed by atoms with E-state index in [4.69, 9.17) is 0 Å². The second-order valence-corrected chi connectivity index (χ2v) is 5.66. The van der Waals surface area contributed by atoms with Gasteiger partial charge in [0.15, 0.2) is 0 Å². The largest absolute Gasteiger partial charge is 0.355 e. The highest BCUT2D eigenvalue weighted by molar-refractivity contribution is 5.78. The lowest BCUT2D eigenvalue weighted by Gasteiger charge is -2.06. The van der Waals surface area contributed by atoms with Gasteiger partial charge >= 0.3 is 5.69 Å². The van der Waals surface area contributed by atoms with E-state index in [1.54, 1.807) is 9.13 Å². The zero-order chi connectivity index (χ0) is 17.5. The predicted octanol–water partition coefficient (Wildman–Crippen LogP) is 0.855. The monoisotopic (exact) mass is 332 g/mol. The molecule has 1 heterocycles. The van der Waals surface area contributed by atoms with Crippen molar-refractivity contribution in [3.63, 3.8) is 0 Å². The molecule has 24 heavy (non-hydrogen) atoms.